The van der Waals surface area contributed by atoms with E-state index in [0.29, 0.717) is 29.1 Å². The lowest BCUT2D eigenvalue weighted by molar-refractivity contribution is -0.150. The van der Waals surface area contributed by atoms with Gasteiger partial charge in [-0.05, 0) is 102 Å². The van der Waals surface area contributed by atoms with Crippen molar-refractivity contribution >= 4 is 99.1 Å². The van der Waals surface area contributed by atoms with Crippen molar-refractivity contribution in [2.24, 2.45) is 0 Å². The Labute approximate surface area is 233 Å². The first-order valence-corrected chi connectivity index (χ1v) is 13.1. The maximum Gasteiger partial charge on any atom is 0.338 e. The number of carbonyl (C=O) groups is 5. The number of ether oxygens (including phenoxy) is 2. The molecule has 1 heterocycles. The van der Waals surface area contributed by atoms with Crippen LogP contribution in [0, 0.1) is 0 Å². The SMILES string of the molecule is CCOC(=O)c1ccc(NC(=O)COC(=O)[C@@H](C)N2C(=O)c3c(Br)c(Br)c(Br)c(Br)c3C2=O)cc1. The van der Waals surface area contributed by atoms with E-state index in [4.69, 9.17) is 9.47 Å². The van der Waals surface area contributed by atoms with E-state index in [9.17, 15) is 24.0 Å². The molecule has 0 aliphatic carbocycles. The molecule has 0 spiro atoms. The second kappa shape index (κ2) is 11.3. The van der Waals surface area contributed by atoms with E-state index in [1.165, 1.54) is 31.2 Å². The smallest absolute Gasteiger partial charge is 0.338 e. The van der Waals surface area contributed by atoms with Crippen molar-refractivity contribution in [1.29, 1.82) is 0 Å². The Balaban J connectivity index is 1.63. The van der Waals surface area contributed by atoms with Gasteiger partial charge in [-0.25, -0.2) is 9.59 Å². The minimum atomic E-state index is -1.28. The number of anilines is 1. The van der Waals surface area contributed by atoms with Crippen LogP contribution in [0.5, 0.6) is 0 Å². The van der Waals surface area contributed by atoms with E-state index < -0.39 is 42.3 Å². The van der Waals surface area contributed by atoms with E-state index in [2.05, 4.69) is 69.0 Å². The molecule has 0 fully saturated rings. The number of nitrogens with zero attached hydrogens (tertiary/aromatic N) is 1. The molecular formula is C22H16Br4N2O7. The number of hydrogen-bond acceptors (Lipinski definition) is 7. The molecule has 13 heteroatoms. The normalized spacial score (nSPS) is 13.4. The minimum Gasteiger partial charge on any atom is -0.462 e. The number of amides is 3. The van der Waals surface area contributed by atoms with Gasteiger partial charge in [0.25, 0.3) is 17.7 Å². The second-order valence-electron chi connectivity index (χ2n) is 7.12. The van der Waals surface area contributed by atoms with Crippen LogP contribution >= 0.6 is 63.7 Å². The number of halogens is 4. The van der Waals surface area contributed by atoms with Crippen molar-refractivity contribution in [3.05, 3.63) is 58.8 Å². The van der Waals surface area contributed by atoms with Gasteiger partial charge in [0.15, 0.2) is 6.61 Å². The van der Waals surface area contributed by atoms with Crippen molar-refractivity contribution < 1.29 is 33.4 Å². The number of esters is 2. The van der Waals surface area contributed by atoms with Crippen molar-refractivity contribution in [2.75, 3.05) is 18.5 Å². The predicted octanol–water partition coefficient (Wildman–Crippen LogP) is 5.08. The molecule has 35 heavy (non-hydrogen) atoms. The van der Waals surface area contributed by atoms with E-state index in [0.717, 1.165) is 4.90 Å². The molecule has 1 N–H and O–H groups in total. The first-order valence-electron chi connectivity index (χ1n) is 9.97. The lowest BCUT2D eigenvalue weighted by Crippen LogP contribution is -2.44. The van der Waals surface area contributed by atoms with Crippen LogP contribution in [0.1, 0.15) is 44.9 Å². The van der Waals surface area contributed by atoms with Gasteiger partial charge in [-0.3, -0.25) is 19.3 Å². The maximum absolute atomic E-state index is 13.0. The molecule has 9 nitrogen and oxygen atoms in total. The third-order valence-electron chi connectivity index (χ3n) is 4.89. The van der Waals surface area contributed by atoms with Crippen LogP contribution in [0.3, 0.4) is 0 Å². The number of benzene rings is 2. The average molecular weight is 740 g/mol. The second-order valence-corrected chi connectivity index (χ2v) is 10.3. The van der Waals surface area contributed by atoms with Gasteiger partial charge >= 0.3 is 11.9 Å². The molecule has 2 aromatic rings. The van der Waals surface area contributed by atoms with Gasteiger partial charge in [0.1, 0.15) is 6.04 Å². The van der Waals surface area contributed by atoms with Crippen LogP contribution in [-0.4, -0.2) is 53.8 Å². The minimum absolute atomic E-state index is 0.0978. The summed E-state index contributed by atoms with van der Waals surface area (Å²) in [6.07, 6.45) is 0. The number of carbonyl (C=O) groups excluding carboxylic acids is 5. The quantitative estimate of drug-likeness (QED) is 0.182. The Morgan fingerprint density at radius 1 is 0.886 bits per heavy atom. The van der Waals surface area contributed by atoms with Crippen LogP contribution < -0.4 is 5.32 Å². The molecule has 0 radical (unpaired) electrons. The highest BCUT2D eigenvalue weighted by Crippen LogP contribution is 2.45. The van der Waals surface area contributed by atoms with Crippen molar-refractivity contribution in [1.82, 2.24) is 4.90 Å². The summed E-state index contributed by atoms with van der Waals surface area (Å²) in [6.45, 7) is 2.63. The van der Waals surface area contributed by atoms with Crippen LogP contribution in [0.25, 0.3) is 0 Å². The summed E-state index contributed by atoms with van der Waals surface area (Å²) in [5.41, 5.74) is 0.892. The zero-order chi connectivity index (χ0) is 26.0. The Morgan fingerprint density at radius 3 is 1.89 bits per heavy atom. The van der Waals surface area contributed by atoms with E-state index in [1.807, 2.05) is 0 Å². The summed E-state index contributed by atoms with van der Waals surface area (Å²) in [7, 11) is 0. The zero-order valence-corrected chi connectivity index (χ0v) is 24.5. The van der Waals surface area contributed by atoms with Gasteiger partial charge in [0.2, 0.25) is 0 Å². The molecule has 0 bridgehead atoms. The summed E-state index contributed by atoms with van der Waals surface area (Å²) >= 11 is 13.3. The zero-order valence-electron chi connectivity index (χ0n) is 18.1. The number of hydrogen-bond donors (Lipinski definition) is 1. The maximum atomic E-state index is 13.0. The van der Waals surface area contributed by atoms with E-state index in [-0.39, 0.29) is 17.7 Å². The summed E-state index contributed by atoms with van der Waals surface area (Å²) in [5, 5.41) is 2.52. The van der Waals surface area contributed by atoms with E-state index in [1.54, 1.807) is 6.92 Å². The number of imide groups is 1. The molecular weight excluding hydrogens is 724 g/mol. The fourth-order valence-corrected chi connectivity index (χ4v) is 5.64. The fraction of sp³-hybridized carbons (Fsp3) is 0.227. The average Bonchev–Trinajstić information content (AvgIpc) is 3.09. The molecule has 0 aromatic heterocycles. The summed E-state index contributed by atoms with van der Waals surface area (Å²) in [4.78, 5) is 63.2. The monoisotopic (exact) mass is 736 g/mol. The fourth-order valence-electron chi connectivity index (χ4n) is 3.18. The predicted molar refractivity (Wildman–Crippen MR) is 139 cm³/mol. The van der Waals surface area contributed by atoms with Crippen molar-refractivity contribution in [3.8, 4) is 0 Å². The van der Waals surface area contributed by atoms with Gasteiger partial charge < -0.3 is 14.8 Å². The van der Waals surface area contributed by atoms with Crippen molar-refractivity contribution in [3.63, 3.8) is 0 Å². The lowest BCUT2D eigenvalue weighted by atomic mass is 10.1. The summed E-state index contributed by atoms with van der Waals surface area (Å²) in [5.74, 6) is -3.42. The molecule has 1 atom stereocenters. The number of nitrogens with one attached hydrogen (secondary N) is 1. The molecule has 1 aliphatic heterocycles. The molecule has 1 aliphatic rings. The highest BCUT2D eigenvalue weighted by molar-refractivity contribution is 9.15. The highest BCUT2D eigenvalue weighted by atomic mass is 79.9. The molecule has 2 aromatic carbocycles. The van der Waals surface area contributed by atoms with Gasteiger partial charge in [0.05, 0.1) is 23.3 Å². The largest absolute Gasteiger partial charge is 0.462 e. The molecule has 3 rings (SSSR count). The Hall–Kier alpha value is -2.09. The Kier molecular flexibility index (Phi) is 8.89. The van der Waals surface area contributed by atoms with Crippen LogP contribution in [0.15, 0.2) is 42.2 Å². The number of fused-ring (bicyclic) bond motifs is 1. The van der Waals surface area contributed by atoms with Gasteiger partial charge in [0, 0.05) is 23.6 Å². The molecule has 3 amide bonds. The Morgan fingerprint density at radius 2 is 1.40 bits per heavy atom. The van der Waals surface area contributed by atoms with E-state index >= 15 is 0 Å². The van der Waals surface area contributed by atoms with Crippen LogP contribution in [0.4, 0.5) is 5.69 Å². The topological polar surface area (TPSA) is 119 Å². The van der Waals surface area contributed by atoms with Gasteiger partial charge in [-0.1, -0.05) is 0 Å². The molecule has 184 valence electrons. The first-order chi connectivity index (χ1) is 16.5. The highest BCUT2D eigenvalue weighted by Gasteiger charge is 2.45. The summed E-state index contributed by atoms with van der Waals surface area (Å²) < 4.78 is 11.7. The molecule has 0 saturated heterocycles. The van der Waals surface area contributed by atoms with Gasteiger partial charge in [-0.15, -0.1) is 0 Å². The number of rotatable bonds is 7. The first kappa shape index (κ1) is 27.5. The van der Waals surface area contributed by atoms with Crippen molar-refractivity contribution in [2.45, 2.75) is 19.9 Å². The standard InChI is InChI=1S/C22H16Br4N2O7/c1-3-34-22(33)10-4-6-11(7-5-10)27-12(29)8-35-21(32)9(2)28-19(30)13-14(20(28)31)16(24)18(26)17(25)15(13)23/h4-7,9H,3,8H2,1-2H3,(H,27,29)/t9-/m1/s1. The third-order valence-corrected chi connectivity index (χ3v) is 9.65. The van der Waals surface area contributed by atoms with Crippen LogP contribution in [0.2, 0.25) is 0 Å². The molecule has 0 unspecified atom stereocenters. The lowest BCUT2D eigenvalue weighted by Gasteiger charge is -2.20. The third kappa shape index (κ3) is 5.52. The molecule has 0 saturated carbocycles. The van der Waals surface area contributed by atoms with Crippen LogP contribution in [-0.2, 0) is 19.1 Å². The summed E-state index contributed by atoms with van der Waals surface area (Å²) in [6, 6.07) is 4.68. The van der Waals surface area contributed by atoms with Gasteiger partial charge in [-0.2, -0.15) is 0 Å². The Bertz CT molecular complexity index is 1200.